The van der Waals surface area contributed by atoms with Gasteiger partial charge in [0.2, 0.25) is 11.7 Å². The first-order valence-electron chi connectivity index (χ1n) is 7.78. The van der Waals surface area contributed by atoms with Crippen LogP contribution in [0.3, 0.4) is 0 Å². The second-order valence-corrected chi connectivity index (χ2v) is 5.58. The summed E-state index contributed by atoms with van der Waals surface area (Å²) in [4.78, 5) is 16.4. The molecule has 6 nitrogen and oxygen atoms in total. The normalized spacial score (nSPS) is 10.5. The van der Waals surface area contributed by atoms with Crippen LogP contribution in [0.4, 0.5) is 0 Å². The second kappa shape index (κ2) is 7.17. The minimum Gasteiger partial charge on any atom is -0.493 e. The fourth-order valence-electron chi connectivity index (χ4n) is 2.31. The van der Waals surface area contributed by atoms with Gasteiger partial charge < -0.3 is 14.0 Å². The van der Waals surface area contributed by atoms with Gasteiger partial charge in [-0.25, -0.2) is 0 Å². The van der Waals surface area contributed by atoms with Crippen LogP contribution in [0.25, 0.3) is 11.4 Å². The van der Waals surface area contributed by atoms with Crippen molar-refractivity contribution in [2.24, 2.45) is 0 Å². The molecule has 0 N–H and O–H groups in total. The minimum atomic E-state index is -0.0973. The molecule has 0 bridgehead atoms. The lowest BCUT2D eigenvalue weighted by molar-refractivity contribution is 0.0919. The topological polar surface area (TPSA) is 74.5 Å². The Morgan fingerprint density at radius 2 is 1.84 bits per heavy atom. The summed E-state index contributed by atoms with van der Waals surface area (Å²) >= 11 is 0. The van der Waals surface area contributed by atoms with Crippen molar-refractivity contribution >= 4 is 5.78 Å². The zero-order chi connectivity index (χ0) is 17.8. The molecular formula is C19H18N2O4. The standard InChI is InChI=1S/C19H18N2O4/c1-12-4-6-14(7-5-12)16(22)11-24-17-9-8-15(10-18(17)23-3)19-20-13(2)25-21-19/h4-10H,11H2,1-3H3. The average molecular weight is 338 g/mol. The van der Waals surface area contributed by atoms with Gasteiger partial charge in [-0.15, -0.1) is 0 Å². The van der Waals surface area contributed by atoms with Gasteiger partial charge in [-0.1, -0.05) is 35.0 Å². The van der Waals surface area contributed by atoms with E-state index >= 15 is 0 Å². The minimum absolute atomic E-state index is 0.0694. The summed E-state index contributed by atoms with van der Waals surface area (Å²) in [7, 11) is 1.54. The van der Waals surface area contributed by atoms with Crippen LogP contribution in [0.1, 0.15) is 21.8 Å². The molecule has 1 heterocycles. The van der Waals surface area contributed by atoms with E-state index in [1.54, 1.807) is 37.3 Å². The van der Waals surface area contributed by atoms with E-state index in [1.807, 2.05) is 19.1 Å². The molecule has 25 heavy (non-hydrogen) atoms. The third-order valence-electron chi connectivity index (χ3n) is 3.68. The highest BCUT2D eigenvalue weighted by molar-refractivity contribution is 5.97. The maximum atomic E-state index is 12.2. The first-order valence-corrected chi connectivity index (χ1v) is 7.78. The smallest absolute Gasteiger partial charge is 0.223 e. The second-order valence-electron chi connectivity index (χ2n) is 5.58. The van der Waals surface area contributed by atoms with Crippen LogP contribution in [0.2, 0.25) is 0 Å². The molecule has 0 aliphatic heterocycles. The fourth-order valence-corrected chi connectivity index (χ4v) is 2.31. The molecule has 0 fully saturated rings. The summed E-state index contributed by atoms with van der Waals surface area (Å²) in [5.41, 5.74) is 2.46. The third kappa shape index (κ3) is 3.85. The van der Waals surface area contributed by atoms with E-state index in [-0.39, 0.29) is 12.4 Å². The number of ether oxygens (including phenoxy) is 2. The monoisotopic (exact) mass is 338 g/mol. The molecule has 3 aromatic rings. The number of hydrogen-bond donors (Lipinski definition) is 0. The third-order valence-corrected chi connectivity index (χ3v) is 3.68. The van der Waals surface area contributed by atoms with E-state index in [9.17, 15) is 4.79 Å². The van der Waals surface area contributed by atoms with Gasteiger partial charge in [0.25, 0.3) is 0 Å². The van der Waals surface area contributed by atoms with Gasteiger partial charge in [-0.3, -0.25) is 4.79 Å². The molecule has 0 amide bonds. The predicted molar refractivity (Wildman–Crippen MR) is 92.0 cm³/mol. The van der Waals surface area contributed by atoms with Gasteiger partial charge in [0.1, 0.15) is 0 Å². The molecule has 0 radical (unpaired) electrons. The summed E-state index contributed by atoms with van der Waals surface area (Å²) in [6.45, 7) is 3.63. The molecule has 0 atom stereocenters. The molecular weight excluding hydrogens is 320 g/mol. The Kier molecular flexibility index (Phi) is 4.79. The zero-order valence-corrected chi connectivity index (χ0v) is 14.3. The van der Waals surface area contributed by atoms with Crippen molar-refractivity contribution in [2.45, 2.75) is 13.8 Å². The number of rotatable bonds is 6. The summed E-state index contributed by atoms with van der Waals surface area (Å²) in [5.74, 6) is 1.83. The highest BCUT2D eigenvalue weighted by Gasteiger charge is 2.13. The Morgan fingerprint density at radius 1 is 1.08 bits per heavy atom. The highest BCUT2D eigenvalue weighted by atomic mass is 16.5. The number of methoxy groups -OCH3 is 1. The van der Waals surface area contributed by atoms with E-state index < -0.39 is 0 Å². The number of benzene rings is 2. The number of aromatic nitrogens is 2. The van der Waals surface area contributed by atoms with E-state index in [4.69, 9.17) is 14.0 Å². The van der Waals surface area contributed by atoms with Crippen LogP contribution in [0.5, 0.6) is 11.5 Å². The number of hydrogen-bond acceptors (Lipinski definition) is 6. The Bertz CT molecular complexity index is 885. The Morgan fingerprint density at radius 3 is 2.48 bits per heavy atom. The fraction of sp³-hybridized carbons (Fsp3) is 0.211. The number of aryl methyl sites for hydroxylation is 2. The lowest BCUT2D eigenvalue weighted by atomic mass is 10.1. The summed E-state index contributed by atoms with van der Waals surface area (Å²) < 4.78 is 16.0. The van der Waals surface area contributed by atoms with E-state index in [0.29, 0.717) is 28.8 Å². The summed E-state index contributed by atoms with van der Waals surface area (Å²) in [5, 5.41) is 3.88. The highest BCUT2D eigenvalue weighted by Crippen LogP contribution is 2.31. The van der Waals surface area contributed by atoms with Gasteiger partial charge >= 0.3 is 0 Å². The number of carbonyl (C=O) groups is 1. The summed E-state index contributed by atoms with van der Waals surface area (Å²) in [6.07, 6.45) is 0. The molecule has 128 valence electrons. The number of ketones is 1. The van der Waals surface area contributed by atoms with Crippen LogP contribution in [0, 0.1) is 13.8 Å². The molecule has 0 saturated carbocycles. The Hall–Kier alpha value is -3.15. The molecule has 2 aromatic carbocycles. The van der Waals surface area contributed by atoms with Crippen LogP contribution >= 0.6 is 0 Å². The van der Waals surface area contributed by atoms with Crippen molar-refractivity contribution in [3.63, 3.8) is 0 Å². The molecule has 6 heteroatoms. The zero-order valence-electron chi connectivity index (χ0n) is 14.3. The van der Waals surface area contributed by atoms with Gasteiger partial charge in [0, 0.05) is 18.1 Å². The lowest BCUT2D eigenvalue weighted by Gasteiger charge is -2.11. The Balaban J connectivity index is 1.73. The Labute approximate surface area is 145 Å². The average Bonchev–Trinajstić information content (AvgIpc) is 3.06. The largest absolute Gasteiger partial charge is 0.493 e. The maximum Gasteiger partial charge on any atom is 0.223 e. The van der Waals surface area contributed by atoms with Gasteiger partial charge in [0.05, 0.1) is 7.11 Å². The quantitative estimate of drug-likeness (QED) is 0.639. The number of Topliss-reactive ketones (excluding diaryl/α,β-unsaturated/α-hetero) is 1. The van der Waals surface area contributed by atoms with Crippen molar-refractivity contribution in [3.05, 3.63) is 59.5 Å². The number of carbonyl (C=O) groups excluding carboxylic acids is 1. The van der Waals surface area contributed by atoms with Gasteiger partial charge in [-0.2, -0.15) is 4.98 Å². The first kappa shape index (κ1) is 16.7. The molecule has 0 aliphatic rings. The van der Waals surface area contributed by atoms with Gasteiger partial charge in [-0.05, 0) is 25.1 Å². The van der Waals surface area contributed by atoms with Crippen molar-refractivity contribution in [2.75, 3.05) is 13.7 Å². The molecule has 0 aliphatic carbocycles. The molecule has 0 unspecified atom stereocenters. The van der Waals surface area contributed by atoms with Gasteiger partial charge in [0.15, 0.2) is 23.9 Å². The molecule has 0 saturated heterocycles. The number of nitrogens with zero attached hydrogens (tertiary/aromatic N) is 2. The predicted octanol–water partition coefficient (Wildman–Crippen LogP) is 3.62. The van der Waals surface area contributed by atoms with Crippen LogP contribution in [0.15, 0.2) is 47.0 Å². The summed E-state index contributed by atoms with van der Waals surface area (Å²) in [6, 6.07) is 12.6. The van der Waals surface area contributed by atoms with Crippen molar-refractivity contribution < 1.29 is 18.8 Å². The lowest BCUT2D eigenvalue weighted by Crippen LogP contribution is -2.12. The first-order chi connectivity index (χ1) is 12.1. The van der Waals surface area contributed by atoms with E-state index in [2.05, 4.69) is 10.1 Å². The molecule has 0 spiro atoms. The van der Waals surface area contributed by atoms with Crippen LogP contribution < -0.4 is 9.47 Å². The SMILES string of the molecule is COc1cc(-c2noc(C)n2)ccc1OCC(=O)c1ccc(C)cc1. The molecule has 1 aromatic heterocycles. The van der Waals surface area contributed by atoms with Crippen LogP contribution in [-0.2, 0) is 0 Å². The van der Waals surface area contributed by atoms with Crippen molar-refractivity contribution in [1.82, 2.24) is 10.1 Å². The van der Waals surface area contributed by atoms with E-state index in [0.717, 1.165) is 11.1 Å². The maximum absolute atomic E-state index is 12.2. The van der Waals surface area contributed by atoms with E-state index in [1.165, 1.54) is 7.11 Å². The van der Waals surface area contributed by atoms with Crippen molar-refractivity contribution in [3.8, 4) is 22.9 Å². The molecule has 3 rings (SSSR count). The van der Waals surface area contributed by atoms with Crippen molar-refractivity contribution in [1.29, 1.82) is 0 Å². The van der Waals surface area contributed by atoms with Crippen LogP contribution in [-0.4, -0.2) is 29.6 Å².